The fourth-order valence-electron chi connectivity index (χ4n) is 2.39. The van der Waals surface area contributed by atoms with Crippen LogP contribution >= 0.6 is 0 Å². The molecule has 1 fully saturated rings. The minimum Gasteiger partial charge on any atom is -0.494 e. The molecule has 1 aliphatic rings. The number of hydrogen-bond donors (Lipinski definition) is 1. The van der Waals surface area contributed by atoms with E-state index in [1.54, 1.807) is 0 Å². The Balaban J connectivity index is 2.05. The molecule has 0 spiro atoms. The molecule has 3 heteroatoms. The Morgan fingerprint density at radius 3 is 2.76 bits per heavy atom. The zero-order chi connectivity index (χ0) is 12.1. The summed E-state index contributed by atoms with van der Waals surface area (Å²) < 4.78 is 11.3. The standard InChI is InChI=1S/C14H21NO2/c1-3-16-13-6-4-11(5-7-13)14-12(10-15-2)8-9-17-14/h4-7,12,14-15H,3,8-10H2,1-2H3. The molecule has 0 aromatic heterocycles. The lowest BCUT2D eigenvalue weighted by molar-refractivity contribution is 0.0909. The summed E-state index contributed by atoms with van der Waals surface area (Å²) in [5, 5.41) is 3.24. The van der Waals surface area contributed by atoms with E-state index < -0.39 is 0 Å². The van der Waals surface area contributed by atoms with Crippen LogP contribution in [0.25, 0.3) is 0 Å². The van der Waals surface area contributed by atoms with Gasteiger partial charge in [0.05, 0.1) is 12.7 Å². The molecule has 1 heterocycles. The molecule has 2 unspecified atom stereocenters. The lowest BCUT2D eigenvalue weighted by Gasteiger charge is -2.18. The van der Waals surface area contributed by atoms with Crippen LogP contribution in [0, 0.1) is 5.92 Å². The van der Waals surface area contributed by atoms with Gasteiger partial charge in [-0.15, -0.1) is 0 Å². The third kappa shape index (κ3) is 2.99. The quantitative estimate of drug-likeness (QED) is 0.850. The van der Waals surface area contributed by atoms with Gasteiger partial charge >= 0.3 is 0 Å². The lowest BCUT2D eigenvalue weighted by atomic mass is 9.95. The van der Waals surface area contributed by atoms with E-state index >= 15 is 0 Å². The van der Waals surface area contributed by atoms with E-state index in [2.05, 4.69) is 17.4 Å². The molecule has 0 radical (unpaired) electrons. The molecule has 1 saturated heterocycles. The molecule has 0 bridgehead atoms. The van der Waals surface area contributed by atoms with Crippen molar-refractivity contribution in [3.8, 4) is 5.75 Å². The topological polar surface area (TPSA) is 30.5 Å². The van der Waals surface area contributed by atoms with Crippen LogP contribution in [0.2, 0.25) is 0 Å². The molecule has 0 aliphatic carbocycles. The van der Waals surface area contributed by atoms with Gasteiger partial charge in [0.1, 0.15) is 5.75 Å². The number of benzene rings is 1. The first-order valence-electron chi connectivity index (χ1n) is 6.34. The van der Waals surface area contributed by atoms with Crippen molar-refractivity contribution in [2.24, 2.45) is 5.92 Å². The molecule has 1 aromatic carbocycles. The Hall–Kier alpha value is -1.06. The first kappa shape index (κ1) is 12.4. The van der Waals surface area contributed by atoms with Gasteiger partial charge in [0, 0.05) is 19.1 Å². The molecule has 0 saturated carbocycles. The van der Waals surface area contributed by atoms with Crippen LogP contribution in [0.15, 0.2) is 24.3 Å². The van der Waals surface area contributed by atoms with Gasteiger partial charge in [-0.25, -0.2) is 0 Å². The van der Waals surface area contributed by atoms with Crippen LogP contribution in [0.4, 0.5) is 0 Å². The lowest BCUT2D eigenvalue weighted by Crippen LogP contribution is -2.21. The van der Waals surface area contributed by atoms with Crippen LogP contribution in [0.1, 0.15) is 25.0 Å². The molecule has 3 nitrogen and oxygen atoms in total. The number of ether oxygens (including phenoxy) is 2. The summed E-state index contributed by atoms with van der Waals surface area (Å²) in [6.45, 7) is 4.58. The highest BCUT2D eigenvalue weighted by Gasteiger charge is 2.28. The monoisotopic (exact) mass is 235 g/mol. The molecule has 1 aromatic rings. The van der Waals surface area contributed by atoms with Crippen LogP contribution in [-0.4, -0.2) is 26.8 Å². The first-order valence-corrected chi connectivity index (χ1v) is 6.34. The fraction of sp³-hybridized carbons (Fsp3) is 0.571. The second-order valence-electron chi connectivity index (χ2n) is 4.40. The van der Waals surface area contributed by atoms with Crippen molar-refractivity contribution in [3.05, 3.63) is 29.8 Å². The minimum absolute atomic E-state index is 0.234. The van der Waals surface area contributed by atoms with Gasteiger partial charge < -0.3 is 14.8 Å². The molecule has 1 aliphatic heterocycles. The van der Waals surface area contributed by atoms with E-state index in [0.29, 0.717) is 12.5 Å². The smallest absolute Gasteiger partial charge is 0.119 e. The third-order valence-corrected chi connectivity index (χ3v) is 3.20. The zero-order valence-electron chi connectivity index (χ0n) is 10.6. The highest BCUT2D eigenvalue weighted by Crippen LogP contribution is 2.34. The first-order chi connectivity index (χ1) is 8.35. The highest BCUT2D eigenvalue weighted by molar-refractivity contribution is 5.29. The largest absolute Gasteiger partial charge is 0.494 e. The highest BCUT2D eigenvalue weighted by atomic mass is 16.5. The van der Waals surface area contributed by atoms with Gasteiger partial charge in [-0.3, -0.25) is 0 Å². The summed E-state index contributed by atoms with van der Waals surface area (Å²) in [6, 6.07) is 8.28. The normalized spacial score (nSPS) is 23.9. The summed E-state index contributed by atoms with van der Waals surface area (Å²) in [6.07, 6.45) is 1.37. The summed E-state index contributed by atoms with van der Waals surface area (Å²) in [4.78, 5) is 0. The maximum atomic E-state index is 5.82. The summed E-state index contributed by atoms with van der Waals surface area (Å²) in [5.74, 6) is 1.51. The second kappa shape index (κ2) is 6.03. The number of nitrogens with one attached hydrogen (secondary N) is 1. The van der Waals surface area contributed by atoms with Gasteiger partial charge in [0.2, 0.25) is 0 Å². The van der Waals surface area contributed by atoms with E-state index in [4.69, 9.17) is 9.47 Å². The van der Waals surface area contributed by atoms with Crippen molar-refractivity contribution in [2.75, 3.05) is 26.8 Å². The molecule has 1 N–H and O–H groups in total. The molecule has 0 amide bonds. The van der Waals surface area contributed by atoms with E-state index in [-0.39, 0.29) is 6.10 Å². The Labute approximate surface area is 103 Å². The summed E-state index contributed by atoms with van der Waals surface area (Å²) in [5.41, 5.74) is 1.26. The maximum Gasteiger partial charge on any atom is 0.119 e. The molecule has 94 valence electrons. The van der Waals surface area contributed by atoms with Crippen molar-refractivity contribution >= 4 is 0 Å². The maximum absolute atomic E-state index is 5.82. The number of hydrogen-bond acceptors (Lipinski definition) is 3. The van der Waals surface area contributed by atoms with E-state index in [1.165, 1.54) is 5.56 Å². The Bertz CT molecular complexity index is 337. The predicted octanol–water partition coefficient (Wildman–Crippen LogP) is 2.38. The SMILES string of the molecule is CCOc1ccc(C2OCCC2CNC)cc1. The van der Waals surface area contributed by atoms with E-state index in [0.717, 1.165) is 25.3 Å². The summed E-state index contributed by atoms with van der Waals surface area (Å²) >= 11 is 0. The van der Waals surface area contributed by atoms with E-state index in [1.807, 2.05) is 26.1 Å². The average molecular weight is 235 g/mol. The molecular weight excluding hydrogens is 214 g/mol. The van der Waals surface area contributed by atoms with Crippen molar-refractivity contribution < 1.29 is 9.47 Å². The molecule has 2 atom stereocenters. The predicted molar refractivity (Wildman–Crippen MR) is 68.3 cm³/mol. The van der Waals surface area contributed by atoms with Crippen molar-refractivity contribution in [1.82, 2.24) is 5.32 Å². The van der Waals surface area contributed by atoms with Crippen LogP contribution in [0.3, 0.4) is 0 Å². The van der Waals surface area contributed by atoms with Crippen molar-refractivity contribution in [2.45, 2.75) is 19.4 Å². The minimum atomic E-state index is 0.234. The van der Waals surface area contributed by atoms with Crippen molar-refractivity contribution in [3.63, 3.8) is 0 Å². The van der Waals surface area contributed by atoms with Gasteiger partial charge in [-0.05, 0) is 38.1 Å². The second-order valence-corrected chi connectivity index (χ2v) is 4.40. The molecular formula is C14H21NO2. The van der Waals surface area contributed by atoms with Gasteiger partial charge in [0.25, 0.3) is 0 Å². The Kier molecular flexibility index (Phi) is 4.40. The molecule has 2 rings (SSSR count). The average Bonchev–Trinajstić information content (AvgIpc) is 2.79. The van der Waals surface area contributed by atoms with Crippen LogP contribution in [-0.2, 0) is 4.74 Å². The van der Waals surface area contributed by atoms with Gasteiger partial charge in [-0.2, -0.15) is 0 Å². The van der Waals surface area contributed by atoms with Gasteiger partial charge in [0.15, 0.2) is 0 Å². The van der Waals surface area contributed by atoms with Crippen molar-refractivity contribution in [1.29, 1.82) is 0 Å². The third-order valence-electron chi connectivity index (χ3n) is 3.20. The number of rotatable bonds is 5. The Morgan fingerprint density at radius 2 is 2.12 bits per heavy atom. The Morgan fingerprint density at radius 1 is 1.35 bits per heavy atom. The van der Waals surface area contributed by atoms with Gasteiger partial charge in [-0.1, -0.05) is 12.1 Å². The zero-order valence-corrected chi connectivity index (χ0v) is 10.6. The van der Waals surface area contributed by atoms with E-state index in [9.17, 15) is 0 Å². The summed E-state index contributed by atoms with van der Waals surface area (Å²) in [7, 11) is 1.99. The van der Waals surface area contributed by atoms with Crippen LogP contribution in [0.5, 0.6) is 5.75 Å². The fourth-order valence-corrected chi connectivity index (χ4v) is 2.39. The molecule has 17 heavy (non-hydrogen) atoms. The van der Waals surface area contributed by atoms with Crippen LogP contribution < -0.4 is 10.1 Å².